The molecule has 10 heavy (non-hydrogen) atoms. The molecule has 0 aromatic carbocycles. The van der Waals surface area contributed by atoms with Crippen LogP contribution in [0.5, 0.6) is 0 Å². The Morgan fingerprint density at radius 3 is 2.50 bits per heavy atom. The second kappa shape index (κ2) is 3.84. The molecule has 1 atom stereocenters. The zero-order chi connectivity index (χ0) is 8.15. The minimum absolute atomic E-state index is 0.389. The van der Waals surface area contributed by atoms with E-state index in [0.29, 0.717) is 6.54 Å². The van der Waals surface area contributed by atoms with Gasteiger partial charge in [-0.2, -0.15) is 0 Å². The zero-order valence-corrected chi connectivity index (χ0v) is 5.63. The fraction of sp³-hybridized carbons (Fsp3) is 0.600. The van der Waals surface area contributed by atoms with Gasteiger partial charge in [0, 0.05) is 6.54 Å². The third kappa shape index (κ3) is 2.45. The maximum Gasteiger partial charge on any atom is 0.330 e. The summed E-state index contributed by atoms with van der Waals surface area (Å²) >= 11 is 0. The molecular weight excluding hydrogens is 136 g/mol. The Morgan fingerprint density at radius 1 is 1.70 bits per heavy atom. The van der Waals surface area contributed by atoms with Crippen molar-refractivity contribution in [1.29, 1.82) is 0 Å². The van der Waals surface area contributed by atoms with Gasteiger partial charge in [0.15, 0.2) is 6.04 Å². The fourth-order valence-electron chi connectivity index (χ4n) is 0.396. The molecule has 58 valence electrons. The summed E-state index contributed by atoms with van der Waals surface area (Å²) in [5.74, 6) is -1.97. The molecule has 0 rings (SSSR count). The molecule has 0 fully saturated rings. The SMILES string of the molecule is CCNC(=O)C(N)C(=O)O. The Morgan fingerprint density at radius 2 is 2.20 bits per heavy atom. The normalized spacial score (nSPS) is 12.2. The van der Waals surface area contributed by atoms with Crippen molar-refractivity contribution in [2.24, 2.45) is 5.73 Å². The number of carbonyl (C=O) groups excluding carboxylic acids is 1. The molecule has 0 bridgehead atoms. The highest BCUT2D eigenvalue weighted by molar-refractivity contribution is 6.00. The number of rotatable bonds is 3. The van der Waals surface area contributed by atoms with Gasteiger partial charge in [-0.05, 0) is 6.92 Å². The monoisotopic (exact) mass is 146 g/mol. The fourth-order valence-corrected chi connectivity index (χ4v) is 0.396. The van der Waals surface area contributed by atoms with E-state index in [1.165, 1.54) is 0 Å². The molecular formula is C5H10N2O3. The van der Waals surface area contributed by atoms with Crippen LogP contribution in [-0.4, -0.2) is 29.6 Å². The molecule has 0 aliphatic carbocycles. The van der Waals surface area contributed by atoms with Crippen molar-refractivity contribution in [2.45, 2.75) is 13.0 Å². The van der Waals surface area contributed by atoms with E-state index in [4.69, 9.17) is 10.8 Å². The molecule has 5 heteroatoms. The minimum atomic E-state index is -1.44. The highest BCUT2D eigenvalue weighted by atomic mass is 16.4. The van der Waals surface area contributed by atoms with Gasteiger partial charge in [-0.25, -0.2) is 4.79 Å². The molecule has 0 aromatic rings. The van der Waals surface area contributed by atoms with Gasteiger partial charge in [0.1, 0.15) is 0 Å². The van der Waals surface area contributed by atoms with Crippen LogP contribution in [0.25, 0.3) is 0 Å². The van der Waals surface area contributed by atoms with Crippen molar-refractivity contribution in [3.8, 4) is 0 Å². The lowest BCUT2D eigenvalue weighted by molar-refractivity contribution is -0.142. The van der Waals surface area contributed by atoms with Gasteiger partial charge in [0.05, 0.1) is 0 Å². The van der Waals surface area contributed by atoms with Gasteiger partial charge >= 0.3 is 5.97 Å². The van der Waals surface area contributed by atoms with Gasteiger partial charge < -0.3 is 16.2 Å². The Balaban J connectivity index is 3.82. The summed E-state index contributed by atoms with van der Waals surface area (Å²) in [5.41, 5.74) is 4.93. The summed E-state index contributed by atoms with van der Waals surface area (Å²) in [6, 6.07) is -1.44. The topological polar surface area (TPSA) is 92.4 Å². The molecule has 1 unspecified atom stereocenters. The molecule has 0 heterocycles. The predicted octanol–water partition coefficient (Wildman–Crippen LogP) is -1.47. The van der Waals surface area contributed by atoms with E-state index in [9.17, 15) is 9.59 Å². The Hall–Kier alpha value is -1.10. The zero-order valence-electron chi connectivity index (χ0n) is 5.63. The van der Waals surface area contributed by atoms with Gasteiger partial charge in [0.2, 0.25) is 5.91 Å². The minimum Gasteiger partial charge on any atom is -0.480 e. The molecule has 0 spiro atoms. The molecule has 0 saturated carbocycles. The first-order chi connectivity index (χ1) is 4.59. The first-order valence-electron chi connectivity index (χ1n) is 2.85. The first-order valence-corrected chi connectivity index (χ1v) is 2.85. The van der Waals surface area contributed by atoms with E-state index < -0.39 is 17.9 Å². The summed E-state index contributed by atoms with van der Waals surface area (Å²) in [7, 11) is 0. The van der Waals surface area contributed by atoms with Crippen LogP contribution in [0.1, 0.15) is 6.92 Å². The van der Waals surface area contributed by atoms with Gasteiger partial charge in [-0.3, -0.25) is 4.79 Å². The summed E-state index contributed by atoms with van der Waals surface area (Å²) in [4.78, 5) is 20.6. The summed E-state index contributed by atoms with van der Waals surface area (Å²) in [6.45, 7) is 2.08. The van der Waals surface area contributed by atoms with Crippen LogP contribution >= 0.6 is 0 Å². The molecule has 4 N–H and O–H groups in total. The number of hydrogen-bond acceptors (Lipinski definition) is 3. The van der Waals surface area contributed by atoms with E-state index in [1.54, 1.807) is 6.92 Å². The number of carboxylic acid groups (broad SMARTS) is 1. The third-order valence-corrected chi connectivity index (χ3v) is 0.900. The summed E-state index contributed by atoms with van der Waals surface area (Å²) in [5, 5.41) is 10.5. The van der Waals surface area contributed by atoms with Crippen LogP contribution in [0.4, 0.5) is 0 Å². The summed E-state index contributed by atoms with van der Waals surface area (Å²) in [6.07, 6.45) is 0. The van der Waals surface area contributed by atoms with Gasteiger partial charge in [-0.1, -0.05) is 0 Å². The van der Waals surface area contributed by atoms with Crippen LogP contribution in [0.3, 0.4) is 0 Å². The van der Waals surface area contributed by atoms with Crippen molar-refractivity contribution < 1.29 is 14.7 Å². The largest absolute Gasteiger partial charge is 0.480 e. The van der Waals surface area contributed by atoms with Gasteiger partial charge in [-0.15, -0.1) is 0 Å². The number of likely N-dealkylation sites (N-methyl/N-ethyl adjacent to an activating group) is 1. The lowest BCUT2D eigenvalue weighted by Gasteiger charge is -2.04. The predicted molar refractivity (Wildman–Crippen MR) is 34.3 cm³/mol. The van der Waals surface area contributed by atoms with Gasteiger partial charge in [0.25, 0.3) is 0 Å². The molecule has 0 aliphatic rings. The van der Waals surface area contributed by atoms with Crippen LogP contribution < -0.4 is 11.1 Å². The van der Waals surface area contributed by atoms with E-state index in [-0.39, 0.29) is 0 Å². The molecule has 5 nitrogen and oxygen atoms in total. The second-order valence-electron chi connectivity index (χ2n) is 1.71. The van der Waals surface area contributed by atoms with Crippen molar-refractivity contribution in [1.82, 2.24) is 5.32 Å². The van der Waals surface area contributed by atoms with E-state index >= 15 is 0 Å². The number of nitrogens with two attached hydrogens (primary N) is 1. The lowest BCUT2D eigenvalue weighted by atomic mass is 10.3. The Labute approximate surface area is 58.2 Å². The average Bonchev–Trinajstić information content (AvgIpc) is 1.87. The number of nitrogens with one attached hydrogen (secondary N) is 1. The number of hydrogen-bond donors (Lipinski definition) is 3. The van der Waals surface area contributed by atoms with Crippen LogP contribution in [-0.2, 0) is 9.59 Å². The van der Waals surface area contributed by atoms with E-state index in [1.807, 2.05) is 0 Å². The highest BCUT2D eigenvalue weighted by Gasteiger charge is 2.19. The first kappa shape index (κ1) is 8.90. The molecule has 0 saturated heterocycles. The van der Waals surface area contributed by atoms with Crippen molar-refractivity contribution in [3.05, 3.63) is 0 Å². The van der Waals surface area contributed by atoms with E-state index in [2.05, 4.69) is 5.32 Å². The highest BCUT2D eigenvalue weighted by Crippen LogP contribution is 1.77. The van der Waals surface area contributed by atoms with Crippen molar-refractivity contribution >= 4 is 11.9 Å². The molecule has 0 aliphatic heterocycles. The quantitative estimate of drug-likeness (QED) is 0.424. The lowest BCUT2D eigenvalue weighted by Crippen LogP contribution is -2.45. The van der Waals surface area contributed by atoms with Crippen molar-refractivity contribution in [3.63, 3.8) is 0 Å². The smallest absolute Gasteiger partial charge is 0.330 e. The van der Waals surface area contributed by atoms with Crippen LogP contribution in [0, 0.1) is 0 Å². The maximum absolute atomic E-state index is 10.6. The van der Waals surface area contributed by atoms with Crippen LogP contribution in [0.2, 0.25) is 0 Å². The summed E-state index contributed by atoms with van der Waals surface area (Å²) < 4.78 is 0. The Kier molecular flexibility index (Phi) is 3.42. The van der Waals surface area contributed by atoms with E-state index in [0.717, 1.165) is 0 Å². The van der Waals surface area contributed by atoms with Crippen LogP contribution in [0.15, 0.2) is 0 Å². The average molecular weight is 146 g/mol. The molecule has 1 amide bonds. The standard InChI is InChI=1S/C5H10N2O3/c1-2-7-4(8)3(6)5(9)10/h3H,2,6H2,1H3,(H,7,8)(H,9,10). The maximum atomic E-state index is 10.6. The molecule has 0 aromatic heterocycles. The number of carboxylic acids is 1. The number of amides is 1. The number of aliphatic carboxylic acids is 1. The Bertz CT molecular complexity index is 146. The van der Waals surface area contributed by atoms with Crippen molar-refractivity contribution in [2.75, 3.05) is 6.54 Å². The number of carbonyl (C=O) groups is 2. The third-order valence-electron chi connectivity index (χ3n) is 0.900. The molecule has 0 radical (unpaired) electrons. The second-order valence-corrected chi connectivity index (χ2v) is 1.71.